The number of aliphatic hydroxyl groups is 2. The fourth-order valence-corrected chi connectivity index (χ4v) is 22.3. The van der Waals surface area contributed by atoms with Gasteiger partial charge in [-0.05, 0) is 432 Å². The molecule has 7 N–H and O–H groups in total. The summed E-state index contributed by atoms with van der Waals surface area (Å²) in [6.07, 6.45) is 13.8. The molecule has 8 heterocycles. The molecular weight excluding hydrogens is 1770 g/mol. The van der Waals surface area contributed by atoms with Crippen molar-refractivity contribution in [1.29, 1.82) is 0 Å². The van der Waals surface area contributed by atoms with Gasteiger partial charge < -0.3 is 83.0 Å². The van der Waals surface area contributed by atoms with Crippen molar-refractivity contribution in [2.24, 2.45) is 0 Å². The summed E-state index contributed by atoms with van der Waals surface area (Å²) in [4.78, 5) is 18.6. The number of fused-ring (bicyclic) bond motifs is 8. The minimum Gasteiger partial charge on any atom is -0.508 e. The first-order chi connectivity index (χ1) is 65.3. The van der Waals surface area contributed by atoms with Gasteiger partial charge in [0.1, 0.15) is 114 Å². The van der Waals surface area contributed by atoms with Crippen LogP contribution in [-0.2, 0) is 52.6 Å². The minimum absolute atomic E-state index is 0.0227. The summed E-state index contributed by atoms with van der Waals surface area (Å²) < 4.78 is 60.0. The Bertz CT molecular complexity index is 5800. The van der Waals surface area contributed by atoms with Gasteiger partial charge in [-0.15, -0.1) is 0 Å². The molecule has 0 bridgehead atoms. The van der Waals surface area contributed by atoms with Gasteiger partial charge in [0.25, 0.3) is 8.68 Å². The van der Waals surface area contributed by atoms with Gasteiger partial charge in [0.2, 0.25) is 0 Å². The molecule has 0 amide bonds. The van der Waals surface area contributed by atoms with Crippen molar-refractivity contribution in [2.75, 3.05) is 11.4 Å². The zero-order valence-corrected chi connectivity index (χ0v) is 91.5. The zero-order chi connectivity index (χ0) is 104. The molecule has 764 valence electrons. The maximum Gasteiger partial charge on any atom is 0.373 e. The standard InChI is InChI=1S/C20H25NO2.C16H24O2Si.C16H24O.C14H20O3.2C14H20O2.C13H18O2.C12H16O2.CO2/c1-4-5-11-21(16-9-7-6-8-10-16)20-15(3)17-13-18(22)14(2)12-19(17)23-20;1-6-19(17)10-13-8-14-12(3)9-16(4,5)18-15(14)7-11(13)2;1-6-7-13-9-14-12(3)10-16(4,5)17-15(14)8-11(13)2;1-8-6-14(3,4)17-11-5-10(7-15)13(16)9(2)12(8)11;1-9-5-13-12(6-11(9)8-15)10(2)7-14(3,4)16-13;1-5-10-6-13-11(7-12(10)15)9(2)8-14(3,4)16-13;1-8-5-12-10(6-11(8)14)9(2)7-13(3,4)15-12;1-8-6-11-9(7-10(8)13)4-5-12(2,3)14-11;2-1-3/h6-10,12-13,15,20,22H,4-5,11H2,1-3H3;7-8,12H,6,9-10H2,1-5H3;8-9,12H,6-7,10H2,1-5H3;5,8,15-16H,6-7H2,1-4H3;5-6,10,15H,7-8H2,1-4H3;6-7,9,15H,5,8H2,1-4H3;5-6,9,14H,7H2,1-4H3;6-7,13H,4-5H2,1-3H3;. The van der Waals surface area contributed by atoms with E-state index in [0.717, 1.165) is 202 Å². The van der Waals surface area contributed by atoms with Crippen molar-refractivity contribution < 1.29 is 87.7 Å². The molecule has 8 unspecified atom stereocenters. The number of nitrogens with zero attached hydrogens (tertiary/aromatic N) is 1. The fourth-order valence-electron chi connectivity index (χ4n) is 21.2. The van der Waals surface area contributed by atoms with Gasteiger partial charge in [-0.2, -0.15) is 9.59 Å². The predicted molar refractivity (Wildman–Crippen MR) is 565 cm³/mol. The van der Waals surface area contributed by atoms with Crippen molar-refractivity contribution >= 4 is 20.5 Å². The highest BCUT2D eigenvalue weighted by molar-refractivity contribution is 6.42. The van der Waals surface area contributed by atoms with Gasteiger partial charge >= 0.3 is 6.15 Å². The minimum atomic E-state index is -1.46. The number of para-hydroxylation sites is 1. The molecule has 9 aromatic rings. The summed E-state index contributed by atoms with van der Waals surface area (Å²) in [5.74, 6) is 12.3. The Labute approximate surface area is 839 Å². The van der Waals surface area contributed by atoms with Crippen LogP contribution in [0.15, 0.2) is 121 Å². The van der Waals surface area contributed by atoms with Gasteiger partial charge in [-0.1, -0.05) is 119 Å². The lowest BCUT2D eigenvalue weighted by molar-refractivity contribution is -0.191. The molecular formula is C120H167NO18Si. The third-order valence-corrected chi connectivity index (χ3v) is 29.8. The monoisotopic (exact) mass is 1940 g/mol. The molecule has 0 aliphatic carbocycles. The van der Waals surface area contributed by atoms with E-state index in [9.17, 15) is 40.2 Å². The van der Waals surface area contributed by atoms with E-state index < -0.39 is 8.68 Å². The number of rotatable bonds is 13. The van der Waals surface area contributed by atoms with E-state index >= 15 is 0 Å². The van der Waals surface area contributed by atoms with Crippen LogP contribution in [0.25, 0.3) is 0 Å². The summed E-state index contributed by atoms with van der Waals surface area (Å²) in [7, 11) is -1.46. The number of carbonyl (C=O) groups excluding carboxylic acids is 2. The molecule has 9 aromatic carbocycles. The first-order valence-corrected chi connectivity index (χ1v) is 52.8. The second-order valence-corrected chi connectivity index (χ2v) is 47.0. The number of aromatic hydroxyl groups is 5. The Morgan fingerprint density at radius 3 is 1.18 bits per heavy atom. The van der Waals surface area contributed by atoms with Crippen molar-refractivity contribution in [2.45, 2.75) is 417 Å². The summed E-state index contributed by atoms with van der Waals surface area (Å²) in [6, 6.07) is 42.0. The number of aryl methyl sites for hydroxylation is 9. The number of phenols is 5. The molecule has 0 radical (unpaired) electrons. The Balaban J connectivity index is 0.000000179. The second kappa shape index (κ2) is 47.1. The molecule has 20 heteroatoms. The van der Waals surface area contributed by atoms with Gasteiger partial charge in [0, 0.05) is 52.0 Å². The lowest BCUT2D eigenvalue weighted by Gasteiger charge is -2.37. The van der Waals surface area contributed by atoms with E-state index in [1.165, 1.54) is 57.5 Å². The zero-order valence-electron chi connectivity index (χ0n) is 90.5. The van der Waals surface area contributed by atoms with E-state index in [1.54, 1.807) is 6.07 Å². The van der Waals surface area contributed by atoms with Crippen LogP contribution < -0.4 is 42.8 Å². The molecule has 0 saturated carbocycles. The largest absolute Gasteiger partial charge is 0.508 e. The van der Waals surface area contributed by atoms with Gasteiger partial charge in [0.15, 0.2) is 6.23 Å². The number of ether oxygens (including phenoxy) is 8. The van der Waals surface area contributed by atoms with Crippen molar-refractivity contribution in [1.82, 2.24) is 0 Å². The van der Waals surface area contributed by atoms with E-state index in [0.29, 0.717) is 64.1 Å². The van der Waals surface area contributed by atoms with Crippen LogP contribution in [0.5, 0.6) is 74.7 Å². The molecule has 140 heavy (non-hydrogen) atoms. The average Bonchev–Trinajstić information content (AvgIpc) is 0.996. The summed E-state index contributed by atoms with van der Waals surface area (Å²) in [5.41, 5.74) is 22.3. The quantitative estimate of drug-likeness (QED) is 0.0529. The number of aliphatic hydroxyl groups excluding tert-OH is 2. The van der Waals surface area contributed by atoms with Gasteiger partial charge in [0.05, 0.1) is 13.2 Å². The molecule has 0 fully saturated rings. The molecule has 8 aliphatic rings. The molecule has 0 aromatic heterocycles. The number of anilines is 1. The highest BCUT2D eigenvalue weighted by Crippen LogP contribution is 2.52. The Morgan fingerprint density at radius 2 is 0.743 bits per heavy atom. The van der Waals surface area contributed by atoms with Crippen molar-refractivity contribution in [3.8, 4) is 74.7 Å². The fraction of sp³-hybridized carbons (Fsp3) is 0.542. The SMILES string of the molecule is CCCCN(c1ccccc1)C1Oc2cc(C)c(O)cc2C1C.CCCc1cc2c(cc1C)OC(C)(C)CC2C.CC[Si](=O)Cc1cc2c(cc1C)OC(C)(C)CC2C.CCc1cc2c(cc1O)C(C)CC(C)(C)O2.Cc1c(O)c(CO)cc2c1C(C)CC(C)(C)O2.Cc1cc2c(cc1CO)C(C)CC(C)(C)O2.Cc1cc2c(cc1O)C(C)CC(C)(C)O2.Cc1cc2c(cc1O)CCC(C)(C)O2.O=C=O. The van der Waals surface area contributed by atoms with Crippen LogP contribution in [0.4, 0.5) is 5.69 Å². The summed E-state index contributed by atoms with van der Waals surface area (Å²) in [6.45, 7) is 68.4. The summed E-state index contributed by atoms with van der Waals surface area (Å²) >= 11 is 0. The van der Waals surface area contributed by atoms with Crippen LogP contribution in [0.1, 0.15) is 390 Å². The predicted octanol–water partition coefficient (Wildman–Crippen LogP) is 28.8. The van der Waals surface area contributed by atoms with E-state index in [-0.39, 0.29) is 76.5 Å². The number of unbranched alkanes of at least 4 members (excludes halogenated alkanes) is 1. The number of hydrogen-bond acceptors (Lipinski definition) is 19. The maximum absolute atomic E-state index is 11.8. The first-order valence-electron chi connectivity index (χ1n) is 51.0. The second-order valence-electron chi connectivity index (χ2n) is 44.9. The van der Waals surface area contributed by atoms with Crippen LogP contribution in [0.2, 0.25) is 6.04 Å². The Hall–Kier alpha value is -10.5. The van der Waals surface area contributed by atoms with Gasteiger partial charge in [-0.25, -0.2) is 0 Å². The lowest BCUT2D eigenvalue weighted by Crippen LogP contribution is -2.41. The van der Waals surface area contributed by atoms with Crippen LogP contribution in [0.3, 0.4) is 0 Å². The highest BCUT2D eigenvalue weighted by Gasteiger charge is 2.41. The lowest BCUT2D eigenvalue weighted by atomic mass is 9.82. The topological polar surface area (TPSA) is 270 Å². The number of benzene rings is 9. The molecule has 0 saturated heterocycles. The highest BCUT2D eigenvalue weighted by atomic mass is 28.3. The van der Waals surface area contributed by atoms with E-state index in [2.05, 4.69) is 239 Å². The maximum atomic E-state index is 11.8. The van der Waals surface area contributed by atoms with Crippen molar-refractivity contribution in [3.63, 3.8) is 0 Å². The molecule has 17 rings (SSSR count). The first kappa shape index (κ1) is 113. The van der Waals surface area contributed by atoms with Crippen molar-refractivity contribution in [3.05, 3.63) is 233 Å². The van der Waals surface area contributed by atoms with E-state index in [1.807, 2.05) is 103 Å². The Morgan fingerprint density at radius 1 is 0.386 bits per heavy atom. The third-order valence-electron chi connectivity index (χ3n) is 28.3. The average molecular weight is 1940 g/mol. The number of phenolic OH excluding ortho intramolecular Hbond substituents is 4. The van der Waals surface area contributed by atoms with Crippen LogP contribution >= 0.6 is 0 Å². The van der Waals surface area contributed by atoms with Crippen LogP contribution in [0, 0.1) is 48.5 Å². The smallest absolute Gasteiger partial charge is 0.373 e. The summed E-state index contributed by atoms with van der Waals surface area (Å²) in [5, 5.41) is 67.6. The third kappa shape index (κ3) is 29.4. The molecule has 8 aliphatic heterocycles. The molecule has 19 nitrogen and oxygen atoms in total. The van der Waals surface area contributed by atoms with E-state index in [4.69, 9.17) is 47.5 Å². The molecule has 0 spiro atoms. The van der Waals surface area contributed by atoms with Gasteiger partial charge in [-0.3, -0.25) is 0 Å². The van der Waals surface area contributed by atoms with Crippen LogP contribution in [-0.4, -0.2) is 103 Å². The normalized spacial score (nSPS) is 20.8. The molecule has 8 atom stereocenters. The number of hydrogen-bond donors (Lipinski definition) is 7. The Kier molecular flexibility index (Phi) is 38.1.